The third kappa shape index (κ3) is 5.07. The minimum atomic E-state index is -3.48. The van der Waals surface area contributed by atoms with E-state index in [2.05, 4.69) is 15.0 Å². The largest absolute Gasteiger partial charge is 0.309 e. The van der Waals surface area contributed by atoms with Crippen LogP contribution in [0.3, 0.4) is 0 Å². The molecule has 6 rings (SSSR count). The van der Waals surface area contributed by atoms with Crippen molar-refractivity contribution in [3.63, 3.8) is 0 Å². The molecule has 0 atom stereocenters. The molecule has 44 heavy (non-hydrogen) atoms. The van der Waals surface area contributed by atoms with Gasteiger partial charge in [0, 0.05) is 27.0 Å². The van der Waals surface area contributed by atoms with Crippen LogP contribution in [0.2, 0.25) is 0 Å². The van der Waals surface area contributed by atoms with Crippen LogP contribution >= 0.6 is 7.14 Å². The van der Waals surface area contributed by atoms with Crippen LogP contribution < -0.4 is 15.9 Å². The third-order valence-corrected chi connectivity index (χ3v) is 9.93. The lowest BCUT2D eigenvalue weighted by Gasteiger charge is -2.20. The highest BCUT2D eigenvalue weighted by molar-refractivity contribution is 7.85. The molecule has 6 aromatic rings. The first kappa shape index (κ1) is 29.0. The van der Waals surface area contributed by atoms with E-state index in [4.69, 9.17) is 0 Å². The Morgan fingerprint density at radius 1 is 0.432 bits per heavy atom. The quantitative estimate of drug-likeness (QED) is 0.0850. The molecule has 11 heteroatoms. The fraction of sp³-hybridized carbons (Fsp3) is 0. The van der Waals surface area contributed by atoms with Crippen molar-refractivity contribution in [3.8, 4) is 34.2 Å². The highest BCUT2D eigenvalue weighted by Gasteiger charge is 2.31. The Morgan fingerprint density at radius 2 is 0.886 bits per heavy atom. The summed E-state index contributed by atoms with van der Waals surface area (Å²) in [4.78, 5) is 12.5. The minimum Gasteiger partial charge on any atom is -0.309 e. The Bertz CT molecular complexity index is 1990. The van der Waals surface area contributed by atoms with Crippen molar-refractivity contribution in [1.29, 1.82) is 0 Å². The van der Waals surface area contributed by atoms with Gasteiger partial charge in [0.05, 0.1) is 5.56 Å². The fourth-order valence-electron chi connectivity index (χ4n) is 4.71. The maximum atomic E-state index is 14.9. The van der Waals surface area contributed by atoms with E-state index in [0.29, 0.717) is 15.9 Å². The molecule has 0 saturated heterocycles. The normalized spacial score (nSPS) is 11.5. The van der Waals surface area contributed by atoms with Gasteiger partial charge in [-0.3, -0.25) is 0 Å². The van der Waals surface area contributed by atoms with E-state index in [1.807, 2.05) is 0 Å². The molecule has 5 aromatic carbocycles. The second-order valence-electron chi connectivity index (χ2n) is 9.59. The second kappa shape index (κ2) is 11.5. The SMILES string of the molecule is O=P(c1ccccc1)(c1ccccc1)c1cccc(-c2nc(-c3ccc(F)cc3)nc(-c3c(F)c(F)c(F)c(F)c3F)n2)c1. The van der Waals surface area contributed by atoms with Crippen molar-refractivity contribution >= 4 is 23.1 Å². The van der Waals surface area contributed by atoms with Gasteiger partial charge in [-0.2, -0.15) is 0 Å². The molecule has 0 unspecified atom stereocenters. The molecule has 0 aliphatic rings. The van der Waals surface area contributed by atoms with Gasteiger partial charge in [0.1, 0.15) is 5.82 Å². The number of hydrogen-bond donors (Lipinski definition) is 0. The molecule has 0 saturated carbocycles. The minimum absolute atomic E-state index is 0.176. The number of halogens is 6. The van der Waals surface area contributed by atoms with E-state index in [-0.39, 0.29) is 22.8 Å². The number of rotatable bonds is 6. The molecule has 0 aliphatic carbocycles. The van der Waals surface area contributed by atoms with Crippen molar-refractivity contribution in [2.24, 2.45) is 0 Å². The second-order valence-corrected chi connectivity index (χ2v) is 12.4. The smallest absolute Gasteiger partial charge is 0.200 e. The summed E-state index contributed by atoms with van der Waals surface area (Å²) < 4.78 is 101. The summed E-state index contributed by atoms with van der Waals surface area (Å²) in [6, 6.07) is 28.6. The average Bonchev–Trinajstić information content (AvgIpc) is 3.07. The summed E-state index contributed by atoms with van der Waals surface area (Å²) in [5, 5.41) is 1.44. The van der Waals surface area contributed by atoms with Crippen molar-refractivity contribution in [3.05, 3.63) is 144 Å². The van der Waals surface area contributed by atoms with Gasteiger partial charge < -0.3 is 4.57 Å². The molecule has 1 aromatic heterocycles. The molecule has 0 aliphatic heterocycles. The van der Waals surface area contributed by atoms with Crippen molar-refractivity contribution < 1.29 is 30.9 Å². The molecule has 0 radical (unpaired) electrons. The fourth-order valence-corrected chi connectivity index (χ4v) is 7.41. The van der Waals surface area contributed by atoms with E-state index < -0.39 is 53.4 Å². The van der Waals surface area contributed by atoms with Crippen molar-refractivity contribution in [1.82, 2.24) is 15.0 Å². The first-order valence-electron chi connectivity index (χ1n) is 13.0. The van der Waals surface area contributed by atoms with Crippen LogP contribution in [0.1, 0.15) is 0 Å². The Labute approximate surface area is 247 Å². The van der Waals surface area contributed by atoms with Gasteiger partial charge in [0.25, 0.3) is 0 Å². The number of hydrogen-bond acceptors (Lipinski definition) is 4. The van der Waals surface area contributed by atoms with Gasteiger partial charge >= 0.3 is 0 Å². The first-order valence-corrected chi connectivity index (χ1v) is 14.7. The van der Waals surface area contributed by atoms with Gasteiger partial charge in [0.2, 0.25) is 5.82 Å². The van der Waals surface area contributed by atoms with Crippen LogP contribution in [0.5, 0.6) is 0 Å². The third-order valence-electron chi connectivity index (χ3n) is 6.88. The monoisotopic (exact) mass is 617 g/mol. The molecule has 218 valence electrons. The molecule has 1 heterocycles. The summed E-state index contributed by atoms with van der Waals surface area (Å²) in [5.74, 6) is -12.8. The summed E-state index contributed by atoms with van der Waals surface area (Å²) in [6.45, 7) is 0. The van der Waals surface area contributed by atoms with Gasteiger partial charge in [-0.05, 0) is 30.3 Å². The highest BCUT2D eigenvalue weighted by Crippen LogP contribution is 2.43. The first-order chi connectivity index (χ1) is 21.2. The number of nitrogens with zero attached hydrogens (tertiary/aromatic N) is 3. The zero-order valence-electron chi connectivity index (χ0n) is 22.4. The van der Waals surface area contributed by atoms with E-state index in [1.54, 1.807) is 72.8 Å². The predicted molar refractivity (Wildman–Crippen MR) is 155 cm³/mol. The number of benzene rings is 5. The van der Waals surface area contributed by atoms with E-state index in [9.17, 15) is 30.9 Å². The molecular weight excluding hydrogens is 599 g/mol. The van der Waals surface area contributed by atoms with E-state index in [1.165, 1.54) is 24.3 Å². The van der Waals surface area contributed by atoms with E-state index in [0.717, 1.165) is 12.1 Å². The van der Waals surface area contributed by atoms with E-state index >= 15 is 0 Å². The zero-order valence-corrected chi connectivity index (χ0v) is 23.3. The Morgan fingerprint density at radius 3 is 1.43 bits per heavy atom. The van der Waals surface area contributed by atoms with Gasteiger partial charge in [-0.15, -0.1) is 0 Å². The molecule has 0 bridgehead atoms. The van der Waals surface area contributed by atoms with Gasteiger partial charge in [-0.25, -0.2) is 41.3 Å². The summed E-state index contributed by atoms with van der Waals surface area (Å²) in [5.41, 5.74) is -0.968. The predicted octanol–water partition coefficient (Wildman–Crippen LogP) is 7.35. The lowest BCUT2D eigenvalue weighted by Crippen LogP contribution is -2.25. The van der Waals surface area contributed by atoms with Crippen molar-refractivity contribution in [2.75, 3.05) is 0 Å². The molecule has 0 fully saturated rings. The maximum absolute atomic E-state index is 14.9. The molecule has 0 amide bonds. The Kier molecular flexibility index (Phi) is 7.61. The summed E-state index contributed by atoms with van der Waals surface area (Å²) in [6.07, 6.45) is 0. The Hall–Kier alpha value is -5.08. The van der Waals surface area contributed by atoms with Crippen LogP contribution in [0.25, 0.3) is 34.2 Å². The topological polar surface area (TPSA) is 55.7 Å². The van der Waals surface area contributed by atoms with Gasteiger partial charge in [0.15, 0.2) is 47.9 Å². The lowest BCUT2D eigenvalue weighted by molar-refractivity contribution is 0.381. The van der Waals surface area contributed by atoms with Crippen LogP contribution in [0.15, 0.2) is 109 Å². The zero-order chi connectivity index (χ0) is 31.0. The summed E-state index contributed by atoms with van der Waals surface area (Å²) >= 11 is 0. The average molecular weight is 617 g/mol. The lowest BCUT2D eigenvalue weighted by atomic mass is 10.1. The summed E-state index contributed by atoms with van der Waals surface area (Å²) in [7, 11) is -3.48. The van der Waals surface area contributed by atoms with Gasteiger partial charge in [-0.1, -0.05) is 78.9 Å². The molecule has 4 nitrogen and oxygen atoms in total. The van der Waals surface area contributed by atoms with Crippen LogP contribution in [-0.2, 0) is 4.57 Å². The Balaban J connectivity index is 1.60. The number of aromatic nitrogens is 3. The molecule has 0 N–H and O–H groups in total. The molecule has 0 spiro atoms. The van der Waals surface area contributed by atoms with Crippen LogP contribution in [0.4, 0.5) is 26.3 Å². The van der Waals surface area contributed by atoms with Crippen LogP contribution in [0, 0.1) is 34.9 Å². The molecular formula is C33H18F6N3OP. The standard InChI is InChI=1S/C33H18F6N3OP/c34-21-16-14-19(15-17-21)31-40-32(42-33(41-31)25-26(35)28(37)30(39)29(38)27(25)36)20-8-7-13-24(18-20)44(43,22-9-3-1-4-10-22)23-11-5-2-6-12-23/h1-18H. The van der Waals surface area contributed by atoms with Crippen molar-refractivity contribution in [2.45, 2.75) is 0 Å². The maximum Gasteiger partial charge on any atom is 0.200 e. The van der Waals surface area contributed by atoms with Crippen LogP contribution in [-0.4, -0.2) is 15.0 Å². The highest BCUT2D eigenvalue weighted by atomic mass is 31.2.